The number of nitrogens with zero attached hydrogens (tertiary/aromatic N) is 4. The first-order valence-electron chi connectivity index (χ1n) is 16.7. The van der Waals surface area contributed by atoms with Crippen molar-refractivity contribution >= 4 is 43.7 Å². The Bertz CT molecular complexity index is 2810. The molecule has 5 heteroatoms. The van der Waals surface area contributed by atoms with E-state index in [1.807, 2.05) is 72.8 Å². The highest BCUT2D eigenvalue weighted by Crippen LogP contribution is 2.43. The van der Waals surface area contributed by atoms with Gasteiger partial charge < -0.3 is 8.98 Å². The first kappa shape index (κ1) is 28.2. The smallest absolute Gasteiger partial charge is 0.164 e. The van der Waals surface area contributed by atoms with E-state index in [0.29, 0.717) is 17.5 Å². The van der Waals surface area contributed by atoms with E-state index in [0.717, 1.165) is 60.9 Å². The number of benzene rings is 7. The highest BCUT2D eigenvalue weighted by Gasteiger charge is 2.20. The van der Waals surface area contributed by atoms with Crippen LogP contribution in [0.3, 0.4) is 0 Å². The van der Waals surface area contributed by atoms with Gasteiger partial charge in [0.1, 0.15) is 11.2 Å². The van der Waals surface area contributed by atoms with E-state index in [1.54, 1.807) is 0 Å². The Hall–Kier alpha value is -6.85. The summed E-state index contributed by atoms with van der Waals surface area (Å²) < 4.78 is 8.65. The predicted octanol–water partition coefficient (Wildman–Crippen LogP) is 11.5. The summed E-state index contributed by atoms with van der Waals surface area (Å²) in [7, 11) is 0. The molecule has 0 bridgehead atoms. The Morgan fingerprint density at radius 2 is 0.900 bits per heavy atom. The molecule has 234 valence electrons. The van der Waals surface area contributed by atoms with Gasteiger partial charge in [-0.2, -0.15) is 0 Å². The summed E-state index contributed by atoms with van der Waals surface area (Å²) >= 11 is 0. The molecule has 10 rings (SSSR count). The third kappa shape index (κ3) is 4.52. The van der Waals surface area contributed by atoms with Gasteiger partial charge in [0.15, 0.2) is 17.5 Å². The van der Waals surface area contributed by atoms with Gasteiger partial charge in [-0.15, -0.1) is 0 Å². The van der Waals surface area contributed by atoms with Gasteiger partial charge in [0.25, 0.3) is 0 Å². The molecule has 50 heavy (non-hydrogen) atoms. The normalized spacial score (nSPS) is 11.6. The summed E-state index contributed by atoms with van der Waals surface area (Å²) in [4.78, 5) is 14.9. The molecule has 0 atom stereocenters. The first-order chi connectivity index (χ1) is 24.8. The summed E-state index contributed by atoms with van der Waals surface area (Å²) in [6.45, 7) is 0. The molecule has 7 aromatic carbocycles. The molecule has 10 aromatic rings. The van der Waals surface area contributed by atoms with Crippen LogP contribution >= 0.6 is 0 Å². The number of aromatic nitrogens is 4. The number of hydrogen-bond acceptors (Lipinski definition) is 4. The van der Waals surface area contributed by atoms with Crippen molar-refractivity contribution in [2.45, 2.75) is 0 Å². The van der Waals surface area contributed by atoms with Gasteiger partial charge in [-0.3, -0.25) is 0 Å². The van der Waals surface area contributed by atoms with Gasteiger partial charge in [0, 0.05) is 43.9 Å². The third-order valence-corrected chi connectivity index (χ3v) is 9.45. The van der Waals surface area contributed by atoms with Crippen LogP contribution < -0.4 is 0 Å². The maximum absolute atomic E-state index is 6.30. The second-order valence-electron chi connectivity index (χ2n) is 12.4. The lowest BCUT2D eigenvalue weighted by atomic mass is 9.95. The van der Waals surface area contributed by atoms with Crippen molar-refractivity contribution in [3.63, 3.8) is 0 Å². The number of para-hydroxylation sites is 2. The fraction of sp³-hybridized carbons (Fsp3) is 0. The lowest BCUT2D eigenvalue weighted by Gasteiger charge is -2.12. The maximum Gasteiger partial charge on any atom is 0.164 e. The Balaban J connectivity index is 1.19. The average Bonchev–Trinajstić information content (AvgIpc) is 3.75. The highest BCUT2D eigenvalue weighted by molar-refractivity contribution is 6.20. The molecule has 3 aromatic heterocycles. The van der Waals surface area contributed by atoms with E-state index in [2.05, 4.69) is 102 Å². The third-order valence-electron chi connectivity index (χ3n) is 9.45. The molecule has 0 saturated carbocycles. The second kappa shape index (κ2) is 11.4. The van der Waals surface area contributed by atoms with Crippen LogP contribution in [0.5, 0.6) is 0 Å². The molecular weight excluding hydrogens is 613 g/mol. The zero-order chi connectivity index (χ0) is 33.0. The summed E-state index contributed by atoms with van der Waals surface area (Å²) in [6.07, 6.45) is 0. The molecule has 0 aliphatic rings. The van der Waals surface area contributed by atoms with Gasteiger partial charge in [0.05, 0.1) is 11.0 Å². The molecule has 0 aliphatic heterocycles. The summed E-state index contributed by atoms with van der Waals surface area (Å²) in [5.41, 5.74) is 10.2. The molecule has 0 spiro atoms. The van der Waals surface area contributed by atoms with E-state index < -0.39 is 0 Å². The number of hydrogen-bond donors (Lipinski definition) is 0. The van der Waals surface area contributed by atoms with Crippen molar-refractivity contribution in [1.82, 2.24) is 19.5 Å². The summed E-state index contributed by atoms with van der Waals surface area (Å²) in [5, 5.41) is 4.64. The topological polar surface area (TPSA) is 56.7 Å². The standard InChI is InChI=1S/C45H28N4O/c1-3-14-29(15-4-1)43-46-44(30-16-5-2-6-17-30)48-45(47-43)31-18-11-19-32(28-31)49-37-24-9-7-20-35(37)41-33(22-12-25-38(41)49)34-23-13-27-40-42(34)36-21-8-10-26-39(36)50-40/h1-28H. The van der Waals surface area contributed by atoms with E-state index >= 15 is 0 Å². The molecule has 3 heterocycles. The monoisotopic (exact) mass is 640 g/mol. The summed E-state index contributed by atoms with van der Waals surface area (Å²) in [6, 6.07) is 58.5. The largest absolute Gasteiger partial charge is 0.456 e. The predicted molar refractivity (Wildman–Crippen MR) is 203 cm³/mol. The average molecular weight is 641 g/mol. The molecule has 0 fully saturated rings. The van der Waals surface area contributed by atoms with Crippen LogP contribution in [0.15, 0.2) is 174 Å². The SMILES string of the molecule is c1ccc(-c2nc(-c3ccccc3)nc(-c3cccc(-n4c5ccccc5c5c(-c6cccc7oc8ccccc8c67)cccc54)c3)n2)cc1. The van der Waals surface area contributed by atoms with Crippen molar-refractivity contribution in [2.24, 2.45) is 0 Å². The van der Waals surface area contributed by atoms with E-state index in [9.17, 15) is 0 Å². The fourth-order valence-electron chi connectivity index (χ4n) is 7.24. The van der Waals surface area contributed by atoms with Crippen LogP contribution in [0.2, 0.25) is 0 Å². The number of fused-ring (bicyclic) bond motifs is 6. The first-order valence-corrected chi connectivity index (χ1v) is 16.7. The van der Waals surface area contributed by atoms with Gasteiger partial charge in [-0.25, -0.2) is 15.0 Å². The van der Waals surface area contributed by atoms with Gasteiger partial charge in [0.2, 0.25) is 0 Å². The Kier molecular flexibility index (Phi) is 6.42. The minimum atomic E-state index is 0.625. The molecule has 0 radical (unpaired) electrons. The van der Waals surface area contributed by atoms with Crippen LogP contribution in [-0.4, -0.2) is 19.5 Å². The van der Waals surface area contributed by atoms with Crippen molar-refractivity contribution in [3.05, 3.63) is 170 Å². The van der Waals surface area contributed by atoms with Gasteiger partial charge >= 0.3 is 0 Å². The van der Waals surface area contributed by atoms with Crippen molar-refractivity contribution in [1.29, 1.82) is 0 Å². The minimum Gasteiger partial charge on any atom is -0.456 e. The van der Waals surface area contributed by atoms with Gasteiger partial charge in [-0.05, 0) is 47.5 Å². The molecule has 5 nitrogen and oxygen atoms in total. The molecule has 0 saturated heterocycles. The highest BCUT2D eigenvalue weighted by atomic mass is 16.3. The Labute approximate surface area is 287 Å². The van der Waals surface area contributed by atoms with Crippen LogP contribution in [0.1, 0.15) is 0 Å². The summed E-state index contributed by atoms with van der Waals surface area (Å²) in [5.74, 6) is 1.91. The van der Waals surface area contributed by atoms with E-state index in [1.165, 1.54) is 16.3 Å². The minimum absolute atomic E-state index is 0.625. The molecular formula is C45H28N4O. The quantitative estimate of drug-likeness (QED) is 0.188. The Morgan fingerprint density at radius 3 is 1.64 bits per heavy atom. The second-order valence-corrected chi connectivity index (χ2v) is 12.4. The lowest BCUT2D eigenvalue weighted by molar-refractivity contribution is 0.669. The van der Waals surface area contributed by atoms with E-state index in [-0.39, 0.29) is 0 Å². The molecule has 0 aliphatic carbocycles. The number of furan rings is 1. The van der Waals surface area contributed by atoms with Crippen LogP contribution in [0, 0.1) is 0 Å². The molecule has 0 unspecified atom stereocenters. The number of rotatable bonds is 5. The van der Waals surface area contributed by atoms with Crippen LogP contribution in [0.4, 0.5) is 0 Å². The zero-order valence-corrected chi connectivity index (χ0v) is 26.9. The molecule has 0 N–H and O–H groups in total. The molecule has 0 amide bonds. The lowest BCUT2D eigenvalue weighted by Crippen LogP contribution is -2.01. The van der Waals surface area contributed by atoms with Crippen molar-refractivity contribution < 1.29 is 4.42 Å². The van der Waals surface area contributed by atoms with Crippen molar-refractivity contribution in [2.75, 3.05) is 0 Å². The maximum atomic E-state index is 6.30. The zero-order valence-electron chi connectivity index (χ0n) is 26.9. The van der Waals surface area contributed by atoms with E-state index in [4.69, 9.17) is 19.4 Å². The van der Waals surface area contributed by atoms with Crippen LogP contribution in [-0.2, 0) is 0 Å². The van der Waals surface area contributed by atoms with Crippen molar-refractivity contribution in [3.8, 4) is 51.0 Å². The fourth-order valence-corrected chi connectivity index (χ4v) is 7.24. The van der Waals surface area contributed by atoms with Crippen LogP contribution in [0.25, 0.3) is 94.7 Å². The van der Waals surface area contributed by atoms with Gasteiger partial charge in [-0.1, -0.05) is 133 Å². The Morgan fingerprint density at radius 1 is 0.380 bits per heavy atom.